The quantitative estimate of drug-likeness (QED) is 0.903. The Morgan fingerprint density at radius 1 is 1.56 bits per heavy atom. The van der Waals surface area contributed by atoms with E-state index in [2.05, 4.69) is 36.0 Å². The number of likely N-dealkylation sites (N-methyl/N-ethyl adjacent to an activating group) is 1. The second-order valence-corrected chi connectivity index (χ2v) is 6.14. The molecule has 102 valence electrons. The lowest BCUT2D eigenvalue weighted by atomic mass is 10.1. The first-order valence-electron chi connectivity index (χ1n) is 6.56. The molecule has 2 atom stereocenters. The molecule has 1 aromatic rings. The summed E-state index contributed by atoms with van der Waals surface area (Å²) in [5, 5.41) is 4.35. The number of morpholine rings is 1. The van der Waals surface area contributed by atoms with E-state index in [1.807, 2.05) is 18.4 Å². The van der Waals surface area contributed by atoms with Gasteiger partial charge in [-0.15, -0.1) is 11.3 Å². The Morgan fingerprint density at radius 2 is 2.33 bits per heavy atom. The summed E-state index contributed by atoms with van der Waals surface area (Å²) in [6, 6.07) is 0.444. The van der Waals surface area contributed by atoms with Gasteiger partial charge in [0.25, 0.3) is 0 Å². The Morgan fingerprint density at radius 3 is 2.94 bits per heavy atom. The van der Waals surface area contributed by atoms with Crippen LogP contribution in [0.4, 0.5) is 0 Å². The van der Waals surface area contributed by atoms with E-state index in [1.54, 1.807) is 0 Å². The lowest BCUT2D eigenvalue weighted by molar-refractivity contribution is -0.0389. The van der Waals surface area contributed by atoms with Gasteiger partial charge in [0.15, 0.2) is 0 Å². The minimum absolute atomic E-state index is 0.306. The fourth-order valence-electron chi connectivity index (χ4n) is 2.55. The average Bonchev–Trinajstić information content (AvgIpc) is 2.68. The predicted octanol–water partition coefficient (Wildman–Crippen LogP) is 1.74. The normalized spacial score (nSPS) is 23.2. The molecule has 1 fully saturated rings. The molecule has 2 heterocycles. The van der Waals surface area contributed by atoms with Crippen molar-refractivity contribution in [2.45, 2.75) is 32.9 Å². The minimum atomic E-state index is 0.306. The maximum atomic E-state index is 5.75. The summed E-state index contributed by atoms with van der Waals surface area (Å²) in [6.45, 7) is 10.2. The van der Waals surface area contributed by atoms with Crippen molar-refractivity contribution in [1.29, 1.82) is 0 Å². The molecule has 18 heavy (non-hydrogen) atoms. The van der Waals surface area contributed by atoms with Gasteiger partial charge in [-0.3, -0.25) is 4.90 Å². The maximum absolute atomic E-state index is 5.75. The first-order chi connectivity index (χ1) is 8.61. The van der Waals surface area contributed by atoms with Gasteiger partial charge < -0.3 is 10.1 Å². The van der Waals surface area contributed by atoms with E-state index in [0.29, 0.717) is 12.1 Å². The van der Waals surface area contributed by atoms with Gasteiger partial charge in [0.2, 0.25) is 0 Å². The van der Waals surface area contributed by atoms with Crippen molar-refractivity contribution in [3.63, 3.8) is 0 Å². The van der Waals surface area contributed by atoms with Crippen molar-refractivity contribution in [3.05, 3.63) is 15.6 Å². The van der Waals surface area contributed by atoms with Gasteiger partial charge in [-0.05, 0) is 27.8 Å². The van der Waals surface area contributed by atoms with Crippen molar-refractivity contribution >= 4 is 11.3 Å². The van der Waals surface area contributed by atoms with Crippen LogP contribution < -0.4 is 5.32 Å². The zero-order chi connectivity index (χ0) is 13.1. The highest BCUT2D eigenvalue weighted by atomic mass is 32.1. The zero-order valence-electron chi connectivity index (χ0n) is 11.7. The second-order valence-electron chi connectivity index (χ2n) is 4.90. The van der Waals surface area contributed by atoms with Gasteiger partial charge in [-0.25, -0.2) is 4.98 Å². The first-order valence-corrected chi connectivity index (χ1v) is 7.37. The summed E-state index contributed by atoms with van der Waals surface area (Å²) < 4.78 is 5.75. The molecule has 0 bridgehead atoms. The molecule has 4 nitrogen and oxygen atoms in total. The summed E-state index contributed by atoms with van der Waals surface area (Å²) in [6.07, 6.45) is 0.306. The molecule has 0 radical (unpaired) electrons. The fourth-order valence-corrected chi connectivity index (χ4v) is 3.56. The van der Waals surface area contributed by atoms with Crippen molar-refractivity contribution in [3.8, 4) is 0 Å². The van der Waals surface area contributed by atoms with Crippen molar-refractivity contribution in [2.75, 3.05) is 33.3 Å². The number of nitrogens with one attached hydrogen (secondary N) is 1. The number of ether oxygens (including phenoxy) is 1. The van der Waals surface area contributed by atoms with Crippen LogP contribution in [0.1, 0.15) is 28.5 Å². The van der Waals surface area contributed by atoms with Gasteiger partial charge >= 0.3 is 0 Å². The van der Waals surface area contributed by atoms with Crippen molar-refractivity contribution in [1.82, 2.24) is 15.2 Å². The molecule has 1 N–H and O–H groups in total. The minimum Gasteiger partial charge on any atom is -0.374 e. The molecule has 2 unspecified atom stereocenters. The average molecular weight is 269 g/mol. The zero-order valence-corrected chi connectivity index (χ0v) is 12.5. The monoisotopic (exact) mass is 269 g/mol. The highest BCUT2D eigenvalue weighted by Crippen LogP contribution is 2.29. The van der Waals surface area contributed by atoms with Gasteiger partial charge in [0.1, 0.15) is 0 Å². The topological polar surface area (TPSA) is 37.4 Å². The molecule has 0 saturated carbocycles. The van der Waals surface area contributed by atoms with Gasteiger partial charge in [0, 0.05) is 30.6 Å². The molecular formula is C13H23N3OS. The van der Waals surface area contributed by atoms with E-state index >= 15 is 0 Å². The molecular weight excluding hydrogens is 246 g/mol. The van der Waals surface area contributed by atoms with Gasteiger partial charge in [-0.1, -0.05) is 0 Å². The first kappa shape index (κ1) is 13.9. The molecule has 0 aliphatic carbocycles. The van der Waals surface area contributed by atoms with Crippen molar-refractivity contribution in [2.24, 2.45) is 0 Å². The summed E-state index contributed by atoms with van der Waals surface area (Å²) in [4.78, 5) is 8.44. The summed E-state index contributed by atoms with van der Waals surface area (Å²) in [5.41, 5.74) is 1.18. The van der Waals surface area contributed by atoms with E-state index in [4.69, 9.17) is 4.74 Å². The molecule has 0 amide bonds. The lowest BCUT2D eigenvalue weighted by Crippen LogP contribution is -2.46. The Bertz CT molecular complexity index is 392. The molecule has 2 rings (SSSR count). The van der Waals surface area contributed by atoms with E-state index < -0.39 is 0 Å². The number of thiazole rings is 1. The van der Waals surface area contributed by atoms with E-state index in [1.165, 1.54) is 10.6 Å². The van der Waals surface area contributed by atoms with E-state index in [0.717, 1.165) is 31.2 Å². The fraction of sp³-hybridized carbons (Fsp3) is 0.769. The van der Waals surface area contributed by atoms with Crippen LogP contribution in [-0.4, -0.2) is 49.3 Å². The Balaban J connectivity index is 2.04. The lowest BCUT2D eigenvalue weighted by Gasteiger charge is -2.36. The third-order valence-electron chi connectivity index (χ3n) is 3.47. The number of nitrogens with zero attached hydrogens (tertiary/aromatic N) is 2. The number of hydrogen-bond acceptors (Lipinski definition) is 5. The number of hydrogen-bond donors (Lipinski definition) is 1. The van der Waals surface area contributed by atoms with Crippen LogP contribution in [0.3, 0.4) is 0 Å². The van der Waals surface area contributed by atoms with Crippen molar-refractivity contribution < 1.29 is 4.74 Å². The van der Waals surface area contributed by atoms with Crippen LogP contribution in [0.15, 0.2) is 0 Å². The second kappa shape index (κ2) is 6.10. The highest BCUT2D eigenvalue weighted by Gasteiger charge is 2.26. The largest absolute Gasteiger partial charge is 0.374 e. The number of aromatic nitrogens is 1. The van der Waals surface area contributed by atoms with E-state index in [9.17, 15) is 0 Å². The Labute approximate surface area is 113 Å². The van der Waals surface area contributed by atoms with E-state index in [-0.39, 0.29) is 0 Å². The summed E-state index contributed by atoms with van der Waals surface area (Å²) in [7, 11) is 1.97. The SMILES string of the molecule is CNCC1CN(C(C)c2sc(C)nc2C)CCO1. The summed E-state index contributed by atoms with van der Waals surface area (Å²) >= 11 is 1.82. The van der Waals surface area contributed by atoms with Crippen LogP contribution in [0.25, 0.3) is 0 Å². The summed E-state index contributed by atoms with van der Waals surface area (Å²) in [5.74, 6) is 0. The molecule has 1 aliphatic rings. The molecule has 1 aromatic heterocycles. The molecule has 0 spiro atoms. The van der Waals surface area contributed by atoms with Crippen LogP contribution in [0.2, 0.25) is 0 Å². The molecule has 0 aromatic carbocycles. The smallest absolute Gasteiger partial charge is 0.0900 e. The maximum Gasteiger partial charge on any atom is 0.0900 e. The van der Waals surface area contributed by atoms with Crippen LogP contribution in [0, 0.1) is 13.8 Å². The predicted molar refractivity (Wildman–Crippen MR) is 75.2 cm³/mol. The highest BCUT2D eigenvalue weighted by molar-refractivity contribution is 7.11. The number of rotatable bonds is 4. The third kappa shape index (κ3) is 3.09. The van der Waals surface area contributed by atoms with Gasteiger partial charge in [0.05, 0.1) is 23.4 Å². The molecule has 1 aliphatic heterocycles. The standard InChI is InChI=1S/C13H23N3OS/c1-9-13(18-11(3)15-9)10(2)16-5-6-17-12(8-16)7-14-4/h10,12,14H,5-8H2,1-4H3. The Hall–Kier alpha value is -0.490. The number of aryl methyl sites for hydroxylation is 2. The van der Waals surface area contributed by atoms with Crippen LogP contribution >= 0.6 is 11.3 Å². The van der Waals surface area contributed by atoms with Crippen LogP contribution in [0.5, 0.6) is 0 Å². The molecule has 5 heteroatoms. The van der Waals surface area contributed by atoms with Gasteiger partial charge in [-0.2, -0.15) is 0 Å². The third-order valence-corrected chi connectivity index (χ3v) is 4.71. The molecule has 1 saturated heterocycles. The van der Waals surface area contributed by atoms with Crippen LogP contribution in [-0.2, 0) is 4.74 Å². The Kier molecular flexibility index (Phi) is 4.72.